The molecule has 0 saturated carbocycles. The third-order valence-electron chi connectivity index (χ3n) is 2.66. The molecule has 0 radical (unpaired) electrons. The highest BCUT2D eigenvalue weighted by Gasteiger charge is 2.66. The van der Waals surface area contributed by atoms with Gasteiger partial charge in [-0.2, -0.15) is 31.7 Å². The van der Waals surface area contributed by atoms with Gasteiger partial charge in [0.2, 0.25) is 0 Å². The zero-order chi connectivity index (χ0) is 17.2. The van der Waals surface area contributed by atoms with E-state index in [0.717, 1.165) is 0 Å². The number of amides is 1. The zero-order valence-electron chi connectivity index (χ0n) is 11.0. The lowest BCUT2D eigenvalue weighted by atomic mass is 10.1. The molecular weight excluding hydrogens is 321 g/mol. The fourth-order valence-electron chi connectivity index (χ4n) is 1.57. The summed E-state index contributed by atoms with van der Waals surface area (Å²) in [4.78, 5) is 11.4. The van der Waals surface area contributed by atoms with Gasteiger partial charge in [-0.15, -0.1) is 0 Å². The van der Waals surface area contributed by atoms with E-state index in [4.69, 9.17) is 0 Å². The van der Waals surface area contributed by atoms with Crippen LogP contribution in [0.25, 0.3) is 0 Å². The first-order chi connectivity index (χ1) is 9.87. The summed E-state index contributed by atoms with van der Waals surface area (Å²) < 4.78 is 87.5. The summed E-state index contributed by atoms with van der Waals surface area (Å²) in [5, 5.41) is 1.29. The summed E-state index contributed by atoms with van der Waals surface area (Å²) in [6.45, 7) is 1.21. The Balaban J connectivity index is 2.99. The molecule has 0 aliphatic heterocycles. The average Bonchev–Trinajstić information content (AvgIpc) is 2.36. The van der Waals surface area contributed by atoms with Crippen molar-refractivity contribution in [2.24, 2.45) is 0 Å². The van der Waals surface area contributed by atoms with Gasteiger partial charge in [0.1, 0.15) is 0 Å². The zero-order valence-corrected chi connectivity index (χ0v) is 11.0. The maximum absolute atomic E-state index is 13.7. The van der Waals surface area contributed by atoms with E-state index in [2.05, 4.69) is 0 Å². The Kier molecular flexibility index (Phi) is 5.06. The van der Waals surface area contributed by atoms with Crippen LogP contribution in [0.15, 0.2) is 30.3 Å². The average molecular weight is 332 g/mol. The van der Waals surface area contributed by atoms with E-state index in [1.54, 1.807) is 11.4 Å². The minimum absolute atomic E-state index is 0.275. The third-order valence-corrected chi connectivity index (χ3v) is 2.66. The van der Waals surface area contributed by atoms with Gasteiger partial charge in [-0.3, -0.25) is 4.79 Å². The van der Waals surface area contributed by atoms with Gasteiger partial charge in [-0.25, -0.2) is 4.39 Å². The molecule has 22 heavy (non-hydrogen) atoms. The van der Waals surface area contributed by atoms with Gasteiger partial charge in [0.05, 0.1) is 6.04 Å². The number of halogens is 7. The second-order valence-electron chi connectivity index (χ2n) is 4.38. The molecule has 0 bridgehead atoms. The standard InChI is InChI=1S/C12H11F7N2O/c1-7(8-5-3-2-4-6-8)20-9(22)10(13,11(14,15)16)21-12(17,18)19/h2-7,21H,1H3,(H,20,22)/t7-,10+/m1/s1. The van der Waals surface area contributed by atoms with Crippen LogP contribution in [0, 0.1) is 0 Å². The van der Waals surface area contributed by atoms with Gasteiger partial charge in [-0.05, 0) is 12.5 Å². The molecule has 0 spiro atoms. The number of benzene rings is 1. The molecule has 0 aromatic heterocycles. The van der Waals surface area contributed by atoms with Crippen molar-refractivity contribution in [1.82, 2.24) is 10.6 Å². The minimum Gasteiger partial charge on any atom is -0.345 e. The first-order valence-corrected chi connectivity index (χ1v) is 5.84. The molecular formula is C12H11F7N2O. The molecule has 0 heterocycles. The SMILES string of the molecule is C[C@@H](NC(=O)[C@](F)(NC(F)(F)F)C(F)(F)F)c1ccccc1. The van der Waals surface area contributed by atoms with Crippen LogP contribution in [-0.4, -0.2) is 24.2 Å². The highest BCUT2D eigenvalue weighted by Crippen LogP contribution is 2.35. The van der Waals surface area contributed by atoms with Crippen molar-refractivity contribution in [2.45, 2.75) is 31.2 Å². The maximum Gasteiger partial charge on any atom is 0.460 e. The van der Waals surface area contributed by atoms with Crippen LogP contribution in [0.3, 0.4) is 0 Å². The maximum atomic E-state index is 13.7. The lowest BCUT2D eigenvalue weighted by molar-refractivity contribution is -0.279. The van der Waals surface area contributed by atoms with Gasteiger partial charge < -0.3 is 5.32 Å². The normalized spacial score (nSPS) is 16.7. The lowest BCUT2D eigenvalue weighted by Gasteiger charge is -2.29. The fourth-order valence-corrected chi connectivity index (χ4v) is 1.57. The van der Waals surface area contributed by atoms with Crippen molar-refractivity contribution in [1.29, 1.82) is 0 Å². The number of carbonyl (C=O) groups excluding carboxylic acids is 1. The number of rotatable bonds is 4. The lowest BCUT2D eigenvalue weighted by Crippen LogP contribution is -2.66. The van der Waals surface area contributed by atoms with E-state index < -0.39 is 30.2 Å². The largest absolute Gasteiger partial charge is 0.460 e. The second-order valence-corrected chi connectivity index (χ2v) is 4.38. The molecule has 1 rings (SSSR count). The number of carbonyl (C=O) groups is 1. The summed E-state index contributed by atoms with van der Waals surface area (Å²) in [6.07, 6.45) is -11.8. The van der Waals surface area contributed by atoms with Crippen LogP contribution < -0.4 is 10.6 Å². The Hall–Kier alpha value is -1.84. The van der Waals surface area contributed by atoms with Crippen LogP contribution >= 0.6 is 0 Å². The van der Waals surface area contributed by atoms with Crippen molar-refractivity contribution in [3.8, 4) is 0 Å². The minimum atomic E-state index is -6.09. The highest BCUT2D eigenvalue weighted by molar-refractivity contribution is 5.86. The van der Waals surface area contributed by atoms with Crippen molar-refractivity contribution in [3.63, 3.8) is 0 Å². The summed E-state index contributed by atoms with van der Waals surface area (Å²) >= 11 is 0. The molecule has 0 unspecified atom stereocenters. The summed E-state index contributed by atoms with van der Waals surface area (Å²) in [5.41, 5.74) is 0.299. The van der Waals surface area contributed by atoms with Crippen LogP contribution in [-0.2, 0) is 4.79 Å². The van der Waals surface area contributed by atoms with Crippen molar-refractivity contribution >= 4 is 5.91 Å². The molecule has 1 aromatic rings. The van der Waals surface area contributed by atoms with Gasteiger partial charge in [0.15, 0.2) is 0 Å². The molecule has 1 aromatic carbocycles. The molecule has 0 saturated heterocycles. The Morgan fingerprint density at radius 3 is 1.91 bits per heavy atom. The summed E-state index contributed by atoms with van der Waals surface area (Å²) in [7, 11) is 0. The van der Waals surface area contributed by atoms with Crippen molar-refractivity contribution < 1.29 is 35.5 Å². The number of hydrogen-bond donors (Lipinski definition) is 2. The fraction of sp³-hybridized carbons (Fsp3) is 0.417. The topological polar surface area (TPSA) is 41.1 Å². The van der Waals surface area contributed by atoms with Crippen molar-refractivity contribution in [2.75, 3.05) is 0 Å². The van der Waals surface area contributed by atoms with E-state index in [1.807, 2.05) is 0 Å². The molecule has 2 N–H and O–H groups in total. The van der Waals surface area contributed by atoms with E-state index >= 15 is 0 Å². The van der Waals surface area contributed by atoms with E-state index in [0.29, 0.717) is 5.56 Å². The Labute approximate surface area is 120 Å². The van der Waals surface area contributed by atoms with Crippen LogP contribution in [0.1, 0.15) is 18.5 Å². The summed E-state index contributed by atoms with van der Waals surface area (Å²) in [6, 6.07) is 6.28. The molecule has 124 valence electrons. The van der Waals surface area contributed by atoms with Gasteiger partial charge in [-0.1, -0.05) is 30.3 Å². The van der Waals surface area contributed by atoms with Crippen LogP contribution in [0.4, 0.5) is 30.7 Å². The molecule has 0 aliphatic carbocycles. The third kappa shape index (κ3) is 4.33. The number of hydrogen-bond acceptors (Lipinski definition) is 2. The smallest absolute Gasteiger partial charge is 0.345 e. The van der Waals surface area contributed by atoms with Gasteiger partial charge in [0, 0.05) is 0 Å². The van der Waals surface area contributed by atoms with Crippen LogP contribution in [0.2, 0.25) is 0 Å². The molecule has 0 aliphatic rings. The Morgan fingerprint density at radius 2 is 1.50 bits per heavy atom. The quantitative estimate of drug-likeness (QED) is 0.657. The number of nitrogens with one attached hydrogen (secondary N) is 2. The first-order valence-electron chi connectivity index (χ1n) is 5.84. The molecule has 3 nitrogen and oxygen atoms in total. The first kappa shape index (κ1) is 18.2. The summed E-state index contributed by atoms with van der Waals surface area (Å²) in [5.74, 6) is -7.76. The van der Waals surface area contributed by atoms with Gasteiger partial charge >= 0.3 is 18.3 Å². The molecule has 1 amide bonds. The van der Waals surface area contributed by atoms with E-state index in [9.17, 15) is 35.5 Å². The molecule has 10 heteroatoms. The monoisotopic (exact) mass is 332 g/mol. The predicted molar refractivity (Wildman–Crippen MR) is 62.1 cm³/mol. The molecule has 0 fully saturated rings. The van der Waals surface area contributed by atoms with E-state index in [-0.39, 0.29) is 5.32 Å². The second kappa shape index (κ2) is 6.11. The predicted octanol–water partition coefficient (Wildman–Crippen LogP) is 3.20. The number of alkyl halides is 7. The highest BCUT2D eigenvalue weighted by atomic mass is 19.4. The van der Waals surface area contributed by atoms with E-state index in [1.165, 1.54) is 31.2 Å². The van der Waals surface area contributed by atoms with Crippen molar-refractivity contribution in [3.05, 3.63) is 35.9 Å². The molecule has 2 atom stereocenters. The Morgan fingerprint density at radius 1 is 1.00 bits per heavy atom. The van der Waals surface area contributed by atoms with Gasteiger partial charge in [0.25, 0.3) is 5.91 Å². The Bertz CT molecular complexity index is 514. The van der Waals surface area contributed by atoms with Crippen LogP contribution in [0.5, 0.6) is 0 Å².